The van der Waals surface area contributed by atoms with Crippen LogP contribution >= 0.6 is 0 Å². The zero-order valence-electron chi connectivity index (χ0n) is 9.70. The van der Waals surface area contributed by atoms with Gasteiger partial charge in [-0.3, -0.25) is 19.8 Å². The molecule has 92 valence electrons. The third-order valence-electron chi connectivity index (χ3n) is 4.29. The SMILES string of the molecule is O=C1NC(=O)C2(CC2)C(=O)N1CCC1CCC1. The van der Waals surface area contributed by atoms with Gasteiger partial charge in [0, 0.05) is 6.54 Å². The third kappa shape index (κ3) is 1.56. The largest absolute Gasteiger partial charge is 0.330 e. The zero-order valence-corrected chi connectivity index (χ0v) is 9.70. The summed E-state index contributed by atoms with van der Waals surface area (Å²) in [6.45, 7) is 0.463. The van der Waals surface area contributed by atoms with Crippen LogP contribution in [0.3, 0.4) is 0 Å². The van der Waals surface area contributed by atoms with Gasteiger partial charge in [-0.1, -0.05) is 19.3 Å². The van der Waals surface area contributed by atoms with Crippen molar-refractivity contribution in [1.82, 2.24) is 10.2 Å². The highest BCUT2D eigenvalue weighted by Crippen LogP contribution is 2.49. The van der Waals surface area contributed by atoms with Gasteiger partial charge in [-0.25, -0.2) is 4.79 Å². The molecule has 3 rings (SSSR count). The molecule has 3 aliphatic rings. The van der Waals surface area contributed by atoms with Crippen LogP contribution in [0.5, 0.6) is 0 Å². The Labute approximate surface area is 99.5 Å². The van der Waals surface area contributed by atoms with Crippen molar-refractivity contribution in [1.29, 1.82) is 0 Å². The molecule has 0 radical (unpaired) electrons. The van der Waals surface area contributed by atoms with Crippen LogP contribution in [0.4, 0.5) is 4.79 Å². The molecular formula is C12H16N2O3. The number of amides is 4. The van der Waals surface area contributed by atoms with Gasteiger partial charge >= 0.3 is 6.03 Å². The molecule has 0 atom stereocenters. The van der Waals surface area contributed by atoms with Gasteiger partial charge in [-0.05, 0) is 25.2 Å². The lowest BCUT2D eigenvalue weighted by Crippen LogP contribution is -2.59. The van der Waals surface area contributed by atoms with Gasteiger partial charge < -0.3 is 0 Å². The Hall–Kier alpha value is -1.39. The Kier molecular flexibility index (Phi) is 2.24. The Morgan fingerprint density at radius 2 is 1.94 bits per heavy atom. The van der Waals surface area contributed by atoms with Crippen molar-refractivity contribution in [2.45, 2.75) is 38.5 Å². The second-order valence-corrected chi connectivity index (χ2v) is 5.38. The molecule has 1 heterocycles. The predicted molar refractivity (Wildman–Crippen MR) is 58.9 cm³/mol. The number of nitrogens with one attached hydrogen (secondary N) is 1. The monoisotopic (exact) mass is 236 g/mol. The number of rotatable bonds is 3. The zero-order chi connectivity index (χ0) is 12.0. The quantitative estimate of drug-likeness (QED) is 0.744. The minimum atomic E-state index is -0.881. The normalized spacial score (nSPS) is 27.1. The Morgan fingerprint density at radius 3 is 2.47 bits per heavy atom. The lowest BCUT2D eigenvalue weighted by Gasteiger charge is -2.33. The standard InChI is InChI=1S/C12H16N2O3/c15-9-12(5-6-12)10(16)14(11(17)13-9)7-4-8-2-1-3-8/h8H,1-7H2,(H,13,15,17). The molecule has 0 aromatic rings. The Balaban J connectivity index is 1.67. The van der Waals surface area contributed by atoms with Gasteiger partial charge in [0.1, 0.15) is 5.41 Å². The average Bonchev–Trinajstić information content (AvgIpc) is 2.99. The van der Waals surface area contributed by atoms with E-state index in [9.17, 15) is 14.4 Å². The van der Waals surface area contributed by atoms with E-state index < -0.39 is 17.4 Å². The van der Waals surface area contributed by atoms with E-state index >= 15 is 0 Å². The first-order valence-electron chi connectivity index (χ1n) is 6.31. The summed E-state index contributed by atoms with van der Waals surface area (Å²) in [6, 6.07) is -0.531. The van der Waals surface area contributed by atoms with E-state index in [0.717, 1.165) is 6.42 Å². The van der Waals surface area contributed by atoms with Crippen LogP contribution in [-0.4, -0.2) is 29.3 Å². The molecule has 0 aromatic carbocycles. The summed E-state index contributed by atoms with van der Waals surface area (Å²) in [5.41, 5.74) is -0.881. The summed E-state index contributed by atoms with van der Waals surface area (Å²) in [6.07, 6.45) is 5.72. The third-order valence-corrected chi connectivity index (χ3v) is 4.29. The minimum absolute atomic E-state index is 0.273. The summed E-state index contributed by atoms with van der Waals surface area (Å²) in [4.78, 5) is 36.5. The first-order chi connectivity index (χ1) is 8.13. The van der Waals surface area contributed by atoms with Crippen LogP contribution in [0.1, 0.15) is 38.5 Å². The molecule has 0 unspecified atom stereocenters. The fourth-order valence-corrected chi connectivity index (χ4v) is 2.59. The number of urea groups is 1. The summed E-state index contributed by atoms with van der Waals surface area (Å²) < 4.78 is 0. The first-order valence-corrected chi connectivity index (χ1v) is 6.31. The second-order valence-electron chi connectivity index (χ2n) is 5.38. The fourth-order valence-electron chi connectivity index (χ4n) is 2.59. The Morgan fingerprint density at radius 1 is 1.24 bits per heavy atom. The molecule has 1 saturated heterocycles. The van der Waals surface area contributed by atoms with Crippen molar-refractivity contribution >= 4 is 17.8 Å². The van der Waals surface area contributed by atoms with Crippen LogP contribution < -0.4 is 5.32 Å². The summed E-state index contributed by atoms with van der Waals surface area (Å²) >= 11 is 0. The van der Waals surface area contributed by atoms with E-state index in [0.29, 0.717) is 25.3 Å². The van der Waals surface area contributed by atoms with Gasteiger partial charge in [-0.15, -0.1) is 0 Å². The van der Waals surface area contributed by atoms with Gasteiger partial charge in [0.2, 0.25) is 11.8 Å². The van der Waals surface area contributed by atoms with Crippen LogP contribution in [0, 0.1) is 11.3 Å². The highest BCUT2D eigenvalue weighted by atomic mass is 16.2. The highest BCUT2D eigenvalue weighted by Gasteiger charge is 2.62. The van der Waals surface area contributed by atoms with E-state index in [4.69, 9.17) is 0 Å². The topological polar surface area (TPSA) is 66.5 Å². The molecule has 4 amide bonds. The molecule has 1 N–H and O–H groups in total. The predicted octanol–water partition coefficient (Wildman–Crippen LogP) is 1.04. The molecule has 5 heteroatoms. The van der Waals surface area contributed by atoms with E-state index in [1.807, 2.05) is 0 Å². The van der Waals surface area contributed by atoms with Gasteiger partial charge in [0.05, 0.1) is 0 Å². The Bertz CT molecular complexity index is 397. The molecule has 1 aliphatic heterocycles. The molecule has 2 saturated carbocycles. The summed E-state index contributed by atoms with van der Waals surface area (Å²) in [5, 5.41) is 2.30. The second kappa shape index (κ2) is 3.55. The van der Waals surface area contributed by atoms with E-state index in [1.54, 1.807) is 0 Å². The molecular weight excluding hydrogens is 220 g/mol. The molecule has 2 aliphatic carbocycles. The van der Waals surface area contributed by atoms with Crippen molar-refractivity contribution < 1.29 is 14.4 Å². The number of hydrogen-bond donors (Lipinski definition) is 1. The van der Waals surface area contributed by atoms with Gasteiger partial charge in [0.15, 0.2) is 0 Å². The maximum atomic E-state index is 12.1. The van der Waals surface area contributed by atoms with E-state index in [1.165, 1.54) is 24.2 Å². The molecule has 0 aromatic heterocycles. The minimum Gasteiger partial charge on any atom is -0.277 e. The van der Waals surface area contributed by atoms with E-state index in [2.05, 4.69) is 5.32 Å². The molecule has 5 nitrogen and oxygen atoms in total. The maximum Gasteiger partial charge on any atom is 0.330 e. The van der Waals surface area contributed by atoms with Crippen molar-refractivity contribution in [2.75, 3.05) is 6.54 Å². The van der Waals surface area contributed by atoms with Crippen LogP contribution in [0.25, 0.3) is 0 Å². The van der Waals surface area contributed by atoms with Crippen molar-refractivity contribution in [3.8, 4) is 0 Å². The molecule has 0 bridgehead atoms. The van der Waals surface area contributed by atoms with Crippen molar-refractivity contribution in [3.63, 3.8) is 0 Å². The van der Waals surface area contributed by atoms with Crippen molar-refractivity contribution in [2.24, 2.45) is 11.3 Å². The summed E-state index contributed by atoms with van der Waals surface area (Å²) in [5.74, 6) is -0.0126. The lowest BCUT2D eigenvalue weighted by atomic mass is 9.83. The number of nitrogens with zero attached hydrogens (tertiary/aromatic N) is 1. The smallest absolute Gasteiger partial charge is 0.277 e. The first kappa shape index (κ1) is 10.7. The van der Waals surface area contributed by atoms with Crippen LogP contribution in [-0.2, 0) is 9.59 Å². The molecule has 1 spiro atoms. The number of hydrogen-bond acceptors (Lipinski definition) is 3. The number of carbonyl (C=O) groups is 3. The molecule has 17 heavy (non-hydrogen) atoms. The number of barbiturate groups is 1. The van der Waals surface area contributed by atoms with Crippen LogP contribution in [0.2, 0.25) is 0 Å². The average molecular weight is 236 g/mol. The van der Waals surface area contributed by atoms with Gasteiger partial charge in [0.25, 0.3) is 0 Å². The fraction of sp³-hybridized carbons (Fsp3) is 0.750. The van der Waals surface area contributed by atoms with E-state index in [-0.39, 0.29) is 5.91 Å². The van der Waals surface area contributed by atoms with Crippen molar-refractivity contribution in [3.05, 3.63) is 0 Å². The maximum absolute atomic E-state index is 12.1. The number of carbonyl (C=O) groups excluding carboxylic acids is 3. The lowest BCUT2D eigenvalue weighted by molar-refractivity contribution is -0.144. The molecule has 3 fully saturated rings. The van der Waals surface area contributed by atoms with Gasteiger partial charge in [-0.2, -0.15) is 0 Å². The highest BCUT2D eigenvalue weighted by molar-refractivity contribution is 6.20. The van der Waals surface area contributed by atoms with Crippen LogP contribution in [0.15, 0.2) is 0 Å². The number of imide groups is 2. The summed E-state index contributed by atoms with van der Waals surface area (Å²) in [7, 11) is 0.